The van der Waals surface area contributed by atoms with Crippen LogP contribution >= 0.6 is 11.3 Å². The number of hydrogen-bond donors (Lipinski definition) is 2. The molecule has 2 heterocycles. The minimum absolute atomic E-state index is 0.199. The normalized spacial score (nSPS) is 11.0. The van der Waals surface area contributed by atoms with E-state index in [0.717, 1.165) is 39.1 Å². The van der Waals surface area contributed by atoms with Crippen molar-refractivity contribution in [2.24, 2.45) is 0 Å². The predicted molar refractivity (Wildman–Crippen MR) is 146 cm³/mol. The number of aryl methyl sites for hydroxylation is 1. The largest absolute Gasteiger partial charge is 0.343 e. The lowest BCUT2D eigenvalue weighted by Crippen LogP contribution is -2.33. The van der Waals surface area contributed by atoms with Crippen molar-refractivity contribution in [3.05, 3.63) is 88.6 Å². The highest BCUT2D eigenvalue weighted by Gasteiger charge is 2.24. The molecule has 0 fully saturated rings. The molecule has 2 aromatic carbocycles. The van der Waals surface area contributed by atoms with Crippen molar-refractivity contribution in [2.45, 2.75) is 33.1 Å². The van der Waals surface area contributed by atoms with Gasteiger partial charge in [-0.25, -0.2) is 4.98 Å². The Hall–Kier alpha value is -4.35. The molecule has 4 aromatic rings. The Morgan fingerprint density at radius 2 is 1.76 bits per heavy atom. The third-order valence-corrected chi connectivity index (χ3v) is 6.97. The van der Waals surface area contributed by atoms with Crippen molar-refractivity contribution in [2.75, 3.05) is 11.9 Å². The molecule has 37 heavy (non-hydrogen) atoms. The molecular weight excluding hydrogens is 482 g/mol. The van der Waals surface area contributed by atoms with E-state index in [9.17, 15) is 14.9 Å². The van der Waals surface area contributed by atoms with Crippen LogP contribution in [0.1, 0.15) is 40.9 Å². The van der Waals surface area contributed by atoms with Gasteiger partial charge in [0, 0.05) is 28.9 Å². The number of amides is 2. The second-order valence-electron chi connectivity index (χ2n) is 9.29. The molecule has 2 aromatic heterocycles. The van der Waals surface area contributed by atoms with Crippen LogP contribution in [0.5, 0.6) is 0 Å². The van der Waals surface area contributed by atoms with E-state index in [-0.39, 0.29) is 18.4 Å². The van der Waals surface area contributed by atoms with E-state index in [1.54, 1.807) is 24.5 Å². The molecule has 0 saturated heterocycles. The lowest BCUT2D eigenvalue weighted by atomic mass is 9.81. The van der Waals surface area contributed by atoms with Crippen molar-refractivity contribution in [1.82, 2.24) is 15.3 Å². The summed E-state index contributed by atoms with van der Waals surface area (Å²) in [5.41, 5.74) is 6.17. The van der Waals surface area contributed by atoms with Crippen LogP contribution in [0.15, 0.2) is 66.3 Å². The SMILES string of the molecule is Cc1cc(C(=O)NCC(=O)Nc2nc(-c3cccc(-c4ccncc4)c3)cs2)cc(C(C)(C)C#N)c1C. The number of thiazole rings is 1. The first-order chi connectivity index (χ1) is 17.7. The first-order valence-corrected chi connectivity index (χ1v) is 12.6. The van der Waals surface area contributed by atoms with Crippen molar-refractivity contribution < 1.29 is 9.59 Å². The number of hydrogen-bond acceptors (Lipinski definition) is 6. The van der Waals surface area contributed by atoms with Crippen LogP contribution < -0.4 is 10.6 Å². The Labute approximate surface area is 220 Å². The van der Waals surface area contributed by atoms with Gasteiger partial charge in [0.1, 0.15) is 0 Å². The molecule has 8 heteroatoms. The lowest BCUT2D eigenvalue weighted by molar-refractivity contribution is -0.115. The summed E-state index contributed by atoms with van der Waals surface area (Å²) in [6.45, 7) is 7.29. The second-order valence-corrected chi connectivity index (χ2v) is 10.1. The molecule has 0 bridgehead atoms. The van der Waals surface area contributed by atoms with Crippen LogP contribution in [0.4, 0.5) is 5.13 Å². The summed E-state index contributed by atoms with van der Waals surface area (Å²) in [5.74, 6) is -0.748. The van der Waals surface area contributed by atoms with Crippen molar-refractivity contribution >= 4 is 28.3 Å². The van der Waals surface area contributed by atoms with Crippen molar-refractivity contribution in [1.29, 1.82) is 5.26 Å². The molecular formula is C29H27N5O2S. The third kappa shape index (κ3) is 5.90. The molecule has 7 nitrogen and oxygen atoms in total. The molecule has 0 aliphatic rings. The zero-order chi connectivity index (χ0) is 26.6. The van der Waals surface area contributed by atoms with E-state index in [2.05, 4.69) is 26.7 Å². The van der Waals surface area contributed by atoms with Gasteiger partial charge in [-0.05, 0) is 85.8 Å². The Bertz CT molecular complexity index is 1500. The van der Waals surface area contributed by atoms with Crippen LogP contribution in [0, 0.1) is 25.2 Å². The molecule has 0 aliphatic heterocycles. The van der Waals surface area contributed by atoms with E-state index in [1.807, 2.05) is 69.5 Å². The monoisotopic (exact) mass is 509 g/mol. The summed E-state index contributed by atoms with van der Waals surface area (Å²) in [7, 11) is 0. The van der Waals surface area contributed by atoms with Gasteiger partial charge in [0.2, 0.25) is 5.91 Å². The second kappa shape index (κ2) is 10.7. The maximum atomic E-state index is 12.8. The molecule has 0 unspecified atom stereocenters. The minimum Gasteiger partial charge on any atom is -0.343 e. The maximum Gasteiger partial charge on any atom is 0.251 e. The number of nitriles is 1. The number of carbonyl (C=O) groups is 2. The standard InChI is InChI=1S/C29H27N5O2S/c1-18-12-23(14-24(19(18)2)29(3,4)17-30)27(36)32-15-26(35)34-28-33-25(16-37-28)22-7-5-6-21(13-22)20-8-10-31-11-9-20/h5-14,16H,15H2,1-4H3,(H,32,36)(H,33,34,35). The average molecular weight is 510 g/mol. The summed E-state index contributed by atoms with van der Waals surface area (Å²) < 4.78 is 0. The molecule has 2 N–H and O–H groups in total. The van der Waals surface area contributed by atoms with E-state index < -0.39 is 5.41 Å². The summed E-state index contributed by atoms with van der Waals surface area (Å²) >= 11 is 1.32. The van der Waals surface area contributed by atoms with E-state index in [1.165, 1.54) is 11.3 Å². The van der Waals surface area contributed by atoms with Gasteiger partial charge in [-0.15, -0.1) is 11.3 Å². The summed E-state index contributed by atoms with van der Waals surface area (Å²) in [6, 6.07) is 17.7. The van der Waals surface area contributed by atoms with Gasteiger partial charge in [0.15, 0.2) is 5.13 Å². The van der Waals surface area contributed by atoms with Gasteiger partial charge in [-0.3, -0.25) is 14.6 Å². The van der Waals surface area contributed by atoms with Gasteiger partial charge in [-0.1, -0.05) is 18.2 Å². The van der Waals surface area contributed by atoms with Crippen molar-refractivity contribution in [3.63, 3.8) is 0 Å². The zero-order valence-electron chi connectivity index (χ0n) is 21.1. The molecule has 4 rings (SSSR count). The number of nitrogens with one attached hydrogen (secondary N) is 2. The molecule has 186 valence electrons. The number of anilines is 1. The van der Waals surface area contributed by atoms with Crippen LogP contribution in [0.3, 0.4) is 0 Å². The number of carbonyl (C=O) groups excluding carboxylic acids is 2. The molecule has 0 aliphatic carbocycles. The Balaban J connectivity index is 1.40. The predicted octanol–water partition coefficient (Wildman–Crippen LogP) is 5.66. The first kappa shape index (κ1) is 25.7. The summed E-state index contributed by atoms with van der Waals surface area (Å²) in [4.78, 5) is 33.9. The highest BCUT2D eigenvalue weighted by molar-refractivity contribution is 7.14. The Morgan fingerprint density at radius 1 is 1.03 bits per heavy atom. The number of rotatable bonds is 7. The number of nitrogens with zero attached hydrogens (tertiary/aromatic N) is 3. The minimum atomic E-state index is -0.733. The van der Waals surface area contributed by atoms with Crippen molar-refractivity contribution in [3.8, 4) is 28.5 Å². The fraction of sp³-hybridized carbons (Fsp3) is 0.207. The molecule has 0 radical (unpaired) electrons. The maximum absolute atomic E-state index is 12.8. The summed E-state index contributed by atoms with van der Waals surface area (Å²) in [5, 5.41) is 17.3. The summed E-state index contributed by atoms with van der Waals surface area (Å²) in [6.07, 6.45) is 3.51. The van der Waals surface area contributed by atoms with Gasteiger partial charge in [0.25, 0.3) is 5.91 Å². The topological polar surface area (TPSA) is 108 Å². The van der Waals surface area contributed by atoms with Crippen LogP contribution in [-0.4, -0.2) is 28.3 Å². The highest BCUT2D eigenvalue weighted by Crippen LogP contribution is 2.30. The average Bonchev–Trinajstić information content (AvgIpc) is 3.37. The fourth-order valence-corrected chi connectivity index (χ4v) is 4.73. The third-order valence-electron chi connectivity index (χ3n) is 6.21. The quantitative estimate of drug-likeness (QED) is 0.334. The van der Waals surface area contributed by atoms with E-state index >= 15 is 0 Å². The first-order valence-electron chi connectivity index (χ1n) is 11.8. The smallest absolute Gasteiger partial charge is 0.251 e. The van der Waals surface area contributed by atoms with Gasteiger partial charge in [-0.2, -0.15) is 5.26 Å². The van der Waals surface area contributed by atoms with Gasteiger partial charge >= 0.3 is 0 Å². The van der Waals surface area contributed by atoms with E-state index in [0.29, 0.717) is 10.7 Å². The number of benzene rings is 2. The molecule has 0 saturated carbocycles. The molecule has 0 atom stereocenters. The Kier molecular flexibility index (Phi) is 7.46. The van der Waals surface area contributed by atoms with Crippen LogP contribution in [0.2, 0.25) is 0 Å². The van der Waals surface area contributed by atoms with Crippen LogP contribution in [-0.2, 0) is 10.2 Å². The molecule has 0 spiro atoms. The number of aromatic nitrogens is 2. The fourth-order valence-electron chi connectivity index (χ4n) is 3.99. The van der Waals surface area contributed by atoms with Gasteiger partial charge in [0.05, 0.1) is 23.7 Å². The highest BCUT2D eigenvalue weighted by atomic mass is 32.1. The Morgan fingerprint density at radius 3 is 2.49 bits per heavy atom. The van der Waals surface area contributed by atoms with Gasteiger partial charge < -0.3 is 10.6 Å². The molecule has 2 amide bonds. The van der Waals surface area contributed by atoms with E-state index in [4.69, 9.17) is 0 Å². The zero-order valence-corrected chi connectivity index (χ0v) is 21.9. The van der Waals surface area contributed by atoms with Crippen LogP contribution in [0.25, 0.3) is 22.4 Å². The number of pyridine rings is 1. The lowest BCUT2D eigenvalue weighted by Gasteiger charge is -2.21.